The maximum atomic E-state index is 12.7. The van der Waals surface area contributed by atoms with Gasteiger partial charge in [0.05, 0.1) is 17.1 Å². The standard InChI is InChI=1S/C24H26Cl2N2O5S/c1-24(2,3)33-23(29)28-11-10-21(16-4-6-19(25)7-5-16)18(14-28)15-32-22-9-8-20(34(26,30)31)12-17(22)13-27/h4-9,12,18,21H,10-11,14-15H2,1-3H3. The quantitative estimate of drug-likeness (QED) is 0.475. The fourth-order valence-electron chi connectivity index (χ4n) is 3.91. The molecular formula is C24H26Cl2N2O5S. The molecule has 0 aromatic heterocycles. The molecule has 182 valence electrons. The number of piperidine rings is 1. The number of carbonyl (C=O) groups is 1. The van der Waals surface area contributed by atoms with E-state index in [1.54, 1.807) is 4.90 Å². The Morgan fingerprint density at radius 2 is 1.88 bits per heavy atom. The summed E-state index contributed by atoms with van der Waals surface area (Å²) in [5, 5.41) is 10.1. The molecule has 0 radical (unpaired) electrons. The lowest BCUT2D eigenvalue weighted by molar-refractivity contribution is 0.0111. The van der Waals surface area contributed by atoms with Crippen molar-refractivity contribution in [3.05, 3.63) is 58.6 Å². The Hall–Kier alpha value is -2.47. The third-order valence-electron chi connectivity index (χ3n) is 5.49. The molecule has 1 heterocycles. The summed E-state index contributed by atoms with van der Waals surface area (Å²) in [6.45, 7) is 6.59. The number of likely N-dealkylation sites (tertiary alicyclic amines) is 1. The molecule has 2 unspecified atom stereocenters. The van der Waals surface area contributed by atoms with Crippen LogP contribution in [0.2, 0.25) is 5.02 Å². The molecule has 1 saturated heterocycles. The van der Waals surface area contributed by atoms with Crippen molar-refractivity contribution >= 4 is 37.4 Å². The number of hydrogen-bond donors (Lipinski definition) is 0. The molecule has 0 bridgehead atoms. The molecule has 1 amide bonds. The summed E-state index contributed by atoms with van der Waals surface area (Å²) in [5.41, 5.74) is 0.526. The number of ether oxygens (including phenoxy) is 2. The average molecular weight is 525 g/mol. The average Bonchev–Trinajstić information content (AvgIpc) is 2.76. The first-order chi connectivity index (χ1) is 15.9. The van der Waals surface area contributed by atoms with Crippen molar-refractivity contribution in [3.8, 4) is 11.8 Å². The fourth-order valence-corrected chi connectivity index (χ4v) is 4.82. The number of benzene rings is 2. The van der Waals surface area contributed by atoms with Gasteiger partial charge >= 0.3 is 6.09 Å². The SMILES string of the molecule is CC(C)(C)OC(=O)N1CCC(c2ccc(Cl)cc2)C(COc2ccc(S(=O)(=O)Cl)cc2C#N)C1. The first-order valence-electron chi connectivity index (χ1n) is 10.7. The van der Waals surface area contributed by atoms with Gasteiger partial charge in [0.2, 0.25) is 0 Å². The zero-order valence-corrected chi connectivity index (χ0v) is 21.5. The van der Waals surface area contributed by atoms with Crippen LogP contribution in [-0.4, -0.2) is 44.7 Å². The number of amides is 1. The van der Waals surface area contributed by atoms with Crippen LogP contribution in [0.1, 0.15) is 44.2 Å². The highest BCUT2D eigenvalue weighted by Gasteiger charge is 2.35. The maximum Gasteiger partial charge on any atom is 0.410 e. The Labute approximate surface area is 209 Å². The smallest absolute Gasteiger partial charge is 0.410 e. The van der Waals surface area contributed by atoms with Gasteiger partial charge in [0, 0.05) is 34.7 Å². The molecule has 34 heavy (non-hydrogen) atoms. The van der Waals surface area contributed by atoms with Crippen molar-refractivity contribution in [1.82, 2.24) is 4.90 Å². The minimum absolute atomic E-state index is 0.0598. The van der Waals surface area contributed by atoms with Crippen LogP contribution in [0.4, 0.5) is 4.79 Å². The molecule has 10 heteroatoms. The highest BCUT2D eigenvalue weighted by molar-refractivity contribution is 8.13. The van der Waals surface area contributed by atoms with Crippen LogP contribution in [0.15, 0.2) is 47.4 Å². The maximum absolute atomic E-state index is 12.7. The van der Waals surface area contributed by atoms with E-state index in [1.165, 1.54) is 18.2 Å². The van der Waals surface area contributed by atoms with Gasteiger partial charge < -0.3 is 14.4 Å². The van der Waals surface area contributed by atoms with Gasteiger partial charge in [0.25, 0.3) is 9.05 Å². The van der Waals surface area contributed by atoms with Crippen molar-refractivity contribution in [2.45, 2.75) is 43.6 Å². The largest absolute Gasteiger partial charge is 0.492 e. The predicted octanol–water partition coefficient (Wildman–Crippen LogP) is 5.56. The van der Waals surface area contributed by atoms with Crippen LogP contribution >= 0.6 is 22.3 Å². The molecule has 1 aliphatic rings. The second-order valence-corrected chi connectivity index (χ2v) is 12.2. The van der Waals surface area contributed by atoms with Crippen molar-refractivity contribution < 1.29 is 22.7 Å². The second kappa shape index (κ2) is 10.4. The zero-order valence-electron chi connectivity index (χ0n) is 19.1. The predicted molar refractivity (Wildman–Crippen MR) is 130 cm³/mol. The van der Waals surface area contributed by atoms with Crippen LogP contribution in [0.25, 0.3) is 0 Å². The second-order valence-electron chi connectivity index (χ2n) is 9.15. The van der Waals surface area contributed by atoms with Crippen LogP contribution in [-0.2, 0) is 13.8 Å². The number of carbonyl (C=O) groups excluding carboxylic acids is 1. The lowest BCUT2D eigenvalue weighted by atomic mass is 9.81. The number of nitrogens with zero attached hydrogens (tertiary/aromatic N) is 2. The Balaban J connectivity index is 1.83. The van der Waals surface area contributed by atoms with Crippen LogP contribution in [0.5, 0.6) is 5.75 Å². The minimum atomic E-state index is -3.97. The Kier molecular flexibility index (Phi) is 8.02. The fraction of sp³-hybridized carbons (Fsp3) is 0.417. The van der Waals surface area contributed by atoms with E-state index in [2.05, 4.69) is 0 Å². The van der Waals surface area contributed by atoms with Gasteiger partial charge in [0.15, 0.2) is 0 Å². The van der Waals surface area contributed by atoms with Gasteiger partial charge in [-0.2, -0.15) is 5.26 Å². The van der Waals surface area contributed by atoms with E-state index in [0.29, 0.717) is 24.5 Å². The van der Waals surface area contributed by atoms with Crippen LogP contribution in [0, 0.1) is 17.2 Å². The third kappa shape index (κ3) is 6.78. The first-order valence-corrected chi connectivity index (χ1v) is 13.4. The summed E-state index contributed by atoms with van der Waals surface area (Å²) in [7, 11) is 1.42. The lowest BCUT2D eigenvalue weighted by Gasteiger charge is -2.39. The molecule has 2 aromatic carbocycles. The highest BCUT2D eigenvalue weighted by atomic mass is 35.7. The molecule has 1 aliphatic heterocycles. The van der Waals surface area contributed by atoms with Gasteiger partial charge in [-0.05, 0) is 69.0 Å². The monoisotopic (exact) mass is 524 g/mol. The zero-order chi connectivity index (χ0) is 25.1. The minimum Gasteiger partial charge on any atom is -0.492 e. The first kappa shape index (κ1) is 26.1. The highest BCUT2D eigenvalue weighted by Crippen LogP contribution is 2.35. The number of hydrogen-bond acceptors (Lipinski definition) is 6. The summed E-state index contributed by atoms with van der Waals surface area (Å²) in [5.74, 6) is 0.227. The molecule has 0 spiro atoms. The van der Waals surface area contributed by atoms with E-state index in [9.17, 15) is 18.5 Å². The molecule has 7 nitrogen and oxygen atoms in total. The van der Waals surface area contributed by atoms with E-state index in [4.69, 9.17) is 31.8 Å². The molecule has 2 atom stereocenters. The van der Waals surface area contributed by atoms with Gasteiger partial charge in [-0.15, -0.1) is 0 Å². The molecule has 0 aliphatic carbocycles. The number of nitriles is 1. The van der Waals surface area contributed by atoms with Crippen LogP contribution in [0.3, 0.4) is 0 Å². The molecule has 0 N–H and O–H groups in total. The number of rotatable bonds is 5. The van der Waals surface area contributed by atoms with E-state index < -0.39 is 14.7 Å². The summed E-state index contributed by atoms with van der Waals surface area (Å²) in [6, 6.07) is 13.4. The van der Waals surface area contributed by atoms with Crippen molar-refractivity contribution in [2.75, 3.05) is 19.7 Å². The van der Waals surface area contributed by atoms with E-state index in [-0.39, 0.29) is 40.7 Å². The van der Waals surface area contributed by atoms with Gasteiger partial charge in [0.1, 0.15) is 17.4 Å². The summed E-state index contributed by atoms with van der Waals surface area (Å²) in [4.78, 5) is 14.2. The summed E-state index contributed by atoms with van der Waals surface area (Å²) >= 11 is 6.06. The molecular weight excluding hydrogens is 499 g/mol. The molecule has 0 saturated carbocycles. The summed E-state index contributed by atoms with van der Waals surface area (Å²) in [6.07, 6.45) is 0.310. The van der Waals surface area contributed by atoms with Crippen molar-refractivity contribution in [2.24, 2.45) is 5.92 Å². The Bertz CT molecular complexity index is 1190. The normalized spacial score (nSPS) is 18.8. The van der Waals surface area contributed by atoms with Crippen molar-refractivity contribution in [1.29, 1.82) is 5.26 Å². The number of halogens is 2. The van der Waals surface area contributed by atoms with E-state index in [0.717, 1.165) is 5.56 Å². The van der Waals surface area contributed by atoms with Gasteiger partial charge in [-0.1, -0.05) is 23.7 Å². The Morgan fingerprint density at radius 3 is 2.47 bits per heavy atom. The molecule has 2 aromatic rings. The molecule has 1 fully saturated rings. The molecule has 3 rings (SSSR count). The van der Waals surface area contributed by atoms with Gasteiger partial charge in [-0.3, -0.25) is 0 Å². The summed E-state index contributed by atoms with van der Waals surface area (Å²) < 4.78 is 34.7. The Morgan fingerprint density at radius 1 is 1.21 bits per heavy atom. The topological polar surface area (TPSA) is 96.7 Å². The van der Waals surface area contributed by atoms with Gasteiger partial charge in [-0.25, -0.2) is 13.2 Å². The van der Waals surface area contributed by atoms with Crippen LogP contribution < -0.4 is 4.74 Å². The lowest BCUT2D eigenvalue weighted by Crippen LogP contribution is -2.46. The van der Waals surface area contributed by atoms with E-state index >= 15 is 0 Å². The van der Waals surface area contributed by atoms with Crippen molar-refractivity contribution in [3.63, 3.8) is 0 Å². The third-order valence-corrected chi connectivity index (χ3v) is 7.09. The van der Waals surface area contributed by atoms with E-state index in [1.807, 2.05) is 51.1 Å².